The van der Waals surface area contributed by atoms with Crippen molar-refractivity contribution in [2.75, 3.05) is 19.6 Å². The quantitative estimate of drug-likeness (QED) is 0.521. The maximum Gasteiger partial charge on any atom is 0.294 e. The topological polar surface area (TPSA) is 86.4 Å². The number of para-hydroxylation sites is 1. The van der Waals surface area contributed by atoms with E-state index in [9.17, 15) is 19.6 Å². The highest BCUT2D eigenvalue weighted by Crippen LogP contribution is 2.34. The van der Waals surface area contributed by atoms with Gasteiger partial charge in [0.25, 0.3) is 11.1 Å². The number of hydrogen-bond donors (Lipinski definition) is 0. The number of nitriles is 1. The van der Waals surface area contributed by atoms with E-state index in [-0.39, 0.29) is 12.5 Å². The van der Waals surface area contributed by atoms with Crippen LogP contribution >= 0.6 is 11.8 Å². The third kappa shape index (κ3) is 4.11. The Bertz CT molecular complexity index is 1380. The standard InChI is InChI=1S/C26H22N4O3S/c27-14-18-7-1-2-8-19(18)15-29-16-20(21-9-3-4-10-22(21)29)13-23-25(32)30(26(33)34-23)17-24(31)28-11-5-6-12-28/h1-4,7-10,13,16H,5-6,11-12,15,17H2. The molecule has 7 nitrogen and oxygen atoms in total. The lowest BCUT2D eigenvalue weighted by atomic mass is 10.1. The van der Waals surface area contributed by atoms with Gasteiger partial charge in [-0.2, -0.15) is 5.26 Å². The zero-order valence-electron chi connectivity index (χ0n) is 18.4. The van der Waals surface area contributed by atoms with Crippen LogP contribution in [-0.4, -0.2) is 51.1 Å². The second-order valence-corrected chi connectivity index (χ2v) is 9.35. The lowest BCUT2D eigenvalue weighted by Crippen LogP contribution is -2.40. The first-order valence-corrected chi connectivity index (χ1v) is 12.0. The lowest BCUT2D eigenvalue weighted by molar-refractivity contribution is -0.135. The van der Waals surface area contributed by atoms with Gasteiger partial charge in [-0.05, 0) is 48.4 Å². The Labute approximate surface area is 201 Å². The van der Waals surface area contributed by atoms with E-state index < -0.39 is 11.1 Å². The Kier molecular flexibility index (Phi) is 5.95. The van der Waals surface area contributed by atoms with Gasteiger partial charge in [0, 0.05) is 42.3 Å². The van der Waals surface area contributed by atoms with Crippen molar-refractivity contribution in [1.82, 2.24) is 14.4 Å². The number of rotatable bonds is 5. The monoisotopic (exact) mass is 470 g/mol. The lowest BCUT2D eigenvalue weighted by Gasteiger charge is -2.18. The maximum atomic E-state index is 13.0. The molecular weight excluding hydrogens is 448 g/mol. The van der Waals surface area contributed by atoms with Crippen molar-refractivity contribution in [3.05, 3.63) is 76.3 Å². The molecule has 2 aliphatic rings. The fraction of sp³-hybridized carbons (Fsp3) is 0.231. The van der Waals surface area contributed by atoms with Crippen LogP contribution in [0.4, 0.5) is 4.79 Å². The number of carbonyl (C=O) groups is 3. The van der Waals surface area contributed by atoms with Crippen molar-refractivity contribution in [2.24, 2.45) is 0 Å². The Morgan fingerprint density at radius 2 is 1.79 bits per heavy atom. The number of amides is 3. The zero-order valence-corrected chi connectivity index (χ0v) is 19.3. The molecule has 3 aromatic rings. The molecule has 0 radical (unpaired) electrons. The van der Waals surface area contributed by atoms with Gasteiger partial charge in [0.2, 0.25) is 5.91 Å². The molecule has 0 unspecified atom stereocenters. The van der Waals surface area contributed by atoms with Crippen molar-refractivity contribution in [3.8, 4) is 6.07 Å². The van der Waals surface area contributed by atoms with E-state index in [0.29, 0.717) is 30.1 Å². The third-order valence-electron chi connectivity index (χ3n) is 6.21. The molecule has 2 fully saturated rings. The van der Waals surface area contributed by atoms with Crippen LogP contribution in [0, 0.1) is 11.3 Å². The summed E-state index contributed by atoms with van der Waals surface area (Å²) >= 11 is 0.865. The van der Waals surface area contributed by atoms with Crippen molar-refractivity contribution >= 4 is 45.8 Å². The van der Waals surface area contributed by atoms with E-state index in [1.165, 1.54) is 0 Å². The molecule has 0 bridgehead atoms. The van der Waals surface area contributed by atoms with E-state index in [4.69, 9.17) is 0 Å². The smallest absolute Gasteiger partial charge is 0.294 e. The fourth-order valence-corrected chi connectivity index (χ4v) is 5.28. The molecule has 0 N–H and O–H groups in total. The van der Waals surface area contributed by atoms with Gasteiger partial charge in [-0.3, -0.25) is 19.3 Å². The molecule has 2 aromatic carbocycles. The average molecular weight is 471 g/mol. The molecule has 2 aliphatic heterocycles. The van der Waals surface area contributed by atoms with Gasteiger partial charge in [-0.1, -0.05) is 36.4 Å². The number of aromatic nitrogens is 1. The average Bonchev–Trinajstić information content (AvgIpc) is 3.56. The number of thioether (sulfide) groups is 1. The summed E-state index contributed by atoms with van der Waals surface area (Å²) in [6.07, 6.45) is 5.56. The number of nitrogens with zero attached hydrogens (tertiary/aromatic N) is 4. The van der Waals surface area contributed by atoms with Gasteiger partial charge in [-0.15, -0.1) is 0 Å². The first-order chi connectivity index (χ1) is 16.5. The summed E-state index contributed by atoms with van der Waals surface area (Å²) in [5.74, 6) is -0.622. The highest BCUT2D eigenvalue weighted by Gasteiger charge is 2.37. The highest BCUT2D eigenvalue weighted by atomic mass is 32.2. The molecule has 3 heterocycles. The number of carbonyl (C=O) groups excluding carboxylic acids is 3. The second kappa shape index (κ2) is 9.20. The van der Waals surface area contributed by atoms with Crippen LogP contribution in [0.15, 0.2) is 59.6 Å². The summed E-state index contributed by atoms with van der Waals surface area (Å²) in [6, 6.07) is 17.5. The first kappa shape index (κ1) is 22.0. The summed E-state index contributed by atoms with van der Waals surface area (Å²) in [7, 11) is 0. The molecule has 5 rings (SSSR count). The fourth-order valence-electron chi connectivity index (χ4n) is 4.45. The number of fused-ring (bicyclic) bond motifs is 1. The van der Waals surface area contributed by atoms with Crippen molar-refractivity contribution in [1.29, 1.82) is 5.26 Å². The predicted molar refractivity (Wildman–Crippen MR) is 131 cm³/mol. The minimum Gasteiger partial charge on any atom is -0.342 e. The molecule has 0 saturated carbocycles. The number of benzene rings is 2. The zero-order chi connectivity index (χ0) is 23.7. The van der Waals surface area contributed by atoms with Crippen molar-refractivity contribution in [2.45, 2.75) is 19.4 Å². The van der Waals surface area contributed by atoms with Crippen LogP contribution in [-0.2, 0) is 16.1 Å². The van der Waals surface area contributed by atoms with Gasteiger partial charge in [0.15, 0.2) is 0 Å². The van der Waals surface area contributed by atoms with E-state index >= 15 is 0 Å². The molecule has 34 heavy (non-hydrogen) atoms. The number of likely N-dealkylation sites (tertiary alicyclic amines) is 1. The van der Waals surface area contributed by atoms with Crippen molar-refractivity contribution in [3.63, 3.8) is 0 Å². The molecule has 3 amide bonds. The van der Waals surface area contributed by atoms with E-state index in [1.54, 1.807) is 17.0 Å². The summed E-state index contributed by atoms with van der Waals surface area (Å²) in [4.78, 5) is 41.1. The van der Waals surface area contributed by atoms with Gasteiger partial charge in [0.1, 0.15) is 6.54 Å². The summed E-state index contributed by atoms with van der Waals surface area (Å²) < 4.78 is 2.04. The number of hydrogen-bond acceptors (Lipinski definition) is 5. The highest BCUT2D eigenvalue weighted by molar-refractivity contribution is 8.18. The van der Waals surface area contributed by atoms with Crippen LogP contribution < -0.4 is 0 Å². The first-order valence-electron chi connectivity index (χ1n) is 11.1. The molecule has 8 heteroatoms. The van der Waals surface area contributed by atoms with Gasteiger partial charge in [0.05, 0.1) is 16.5 Å². The predicted octanol–water partition coefficient (Wildman–Crippen LogP) is 4.22. The van der Waals surface area contributed by atoms with Crippen LogP contribution in [0.5, 0.6) is 0 Å². The summed E-state index contributed by atoms with van der Waals surface area (Å²) in [5, 5.41) is 9.96. The largest absolute Gasteiger partial charge is 0.342 e. The van der Waals surface area contributed by atoms with Gasteiger partial charge in [-0.25, -0.2) is 0 Å². The third-order valence-corrected chi connectivity index (χ3v) is 7.12. The molecule has 0 aliphatic carbocycles. The van der Waals surface area contributed by atoms with Crippen LogP contribution in [0.2, 0.25) is 0 Å². The Morgan fingerprint density at radius 3 is 2.59 bits per heavy atom. The van der Waals surface area contributed by atoms with Gasteiger partial charge >= 0.3 is 0 Å². The van der Waals surface area contributed by atoms with E-state index in [1.807, 2.05) is 53.2 Å². The van der Waals surface area contributed by atoms with Gasteiger partial charge < -0.3 is 9.47 Å². The molecule has 170 valence electrons. The minimum absolute atomic E-state index is 0.186. The molecule has 0 atom stereocenters. The van der Waals surface area contributed by atoms with Crippen molar-refractivity contribution < 1.29 is 14.4 Å². The normalized spacial score (nSPS) is 17.2. The molecular formula is C26H22N4O3S. The second-order valence-electron chi connectivity index (χ2n) is 8.35. The summed E-state index contributed by atoms with van der Waals surface area (Å²) in [5.41, 5.74) is 3.29. The molecule has 2 saturated heterocycles. The van der Waals surface area contributed by atoms with E-state index in [2.05, 4.69) is 6.07 Å². The van der Waals surface area contributed by atoms with Crippen LogP contribution in [0.25, 0.3) is 17.0 Å². The Hall–Kier alpha value is -3.83. The number of imide groups is 1. The van der Waals surface area contributed by atoms with Crippen LogP contribution in [0.3, 0.4) is 0 Å². The molecule has 1 aromatic heterocycles. The minimum atomic E-state index is -0.436. The molecule has 0 spiro atoms. The van der Waals surface area contributed by atoms with Crippen LogP contribution in [0.1, 0.15) is 29.5 Å². The Balaban J connectivity index is 1.44. The van der Waals surface area contributed by atoms with E-state index in [0.717, 1.165) is 51.5 Å². The summed E-state index contributed by atoms with van der Waals surface area (Å²) in [6.45, 7) is 1.65. The SMILES string of the molecule is N#Cc1ccccc1Cn1cc(C=C2SC(=O)N(CC(=O)N3CCCC3)C2=O)c2ccccc21. The Morgan fingerprint density at radius 1 is 1.06 bits per heavy atom. The maximum absolute atomic E-state index is 13.0.